The number of rotatable bonds is 3. The lowest BCUT2D eigenvalue weighted by molar-refractivity contribution is -0.121. The zero-order valence-corrected chi connectivity index (χ0v) is 13.7. The topological polar surface area (TPSA) is 55.6 Å². The van der Waals surface area contributed by atoms with Gasteiger partial charge in [0.15, 0.2) is 0 Å². The molecule has 5 nitrogen and oxygen atoms in total. The molecule has 1 amide bonds. The third kappa shape index (κ3) is 2.80. The Kier molecular flexibility index (Phi) is 3.82. The predicted octanol–water partition coefficient (Wildman–Crippen LogP) is 3.41. The minimum absolute atomic E-state index is 0.186. The number of aromatic nitrogens is 1. The fourth-order valence-electron chi connectivity index (χ4n) is 3.03. The number of carbonyl (C=O) groups excluding carboxylic acids is 1. The highest BCUT2D eigenvalue weighted by atomic mass is 16.5. The summed E-state index contributed by atoms with van der Waals surface area (Å²) in [5.74, 6) is 0.765. The fraction of sp³-hybridized carbons (Fsp3) is 0.100. The number of hydrazone groups is 1. The summed E-state index contributed by atoms with van der Waals surface area (Å²) in [5, 5.41) is 4.11. The van der Waals surface area contributed by atoms with Crippen molar-refractivity contribution in [3.8, 4) is 11.5 Å². The van der Waals surface area contributed by atoms with Crippen LogP contribution in [0.25, 0.3) is 0 Å². The number of hydrogen-bond acceptors (Lipinski definition) is 3. The quantitative estimate of drug-likeness (QED) is 0.591. The van der Waals surface area contributed by atoms with E-state index in [9.17, 15) is 4.79 Å². The molecule has 2 aromatic carbocycles. The molecule has 0 spiro atoms. The molecule has 0 unspecified atom stereocenters. The Balaban J connectivity index is 1.64. The van der Waals surface area contributed by atoms with Crippen LogP contribution in [0, 0.1) is 0 Å². The molecule has 1 N–H and O–H groups in total. The van der Waals surface area contributed by atoms with Crippen molar-refractivity contribution >= 4 is 12.1 Å². The molecule has 1 aliphatic heterocycles. The second kappa shape index (κ2) is 6.28. The second-order valence-corrected chi connectivity index (χ2v) is 5.89. The summed E-state index contributed by atoms with van der Waals surface area (Å²) < 4.78 is 7.84. The van der Waals surface area contributed by atoms with Crippen LogP contribution in [0.4, 0.5) is 0 Å². The van der Waals surface area contributed by atoms with E-state index in [1.807, 2.05) is 78.5 Å². The van der Waals surface area contributed by atoms with E-state index in [0.29, 0.717) is 11.5 Å². The van der Waals surface area contributed by atoms with Crippen LogP contribution in [0.2, 0.25) is 0 Å². The maximum absolute atomic E-state index is 12.8. The van der Waals surface area contributed by atoms with Gasteiger partial charge in [-0.25, -0.2) is 5.43 Å². The zero-order chi connectivity index (χ0) is 17.2. The van der Waals surface area contributed by atoms with E-state index in [2.05, 4.69) is 10.5 Å². The first-order chi connectivity index (χ1) is 12.2. The number of benzene rings is 2. The maximum Gasteiger partial charge on any atom is 0.252 e. The van der Waals surface area contributed by atoms with Crippen molar-refractivity contribution in [2.45, 2.75) is 5.92 Å². The SMILES string of the molecule is Cn1cccc1/C=N/NC(=O)C1c2ccccc2Oc2ccccc21. The Morgan fingerprint density at radius 1 is 1.04 bits per heavy atom. The molecule has 2 heterocycles. The highest BCUT2D eigenvalue weighted by Crippen LogP contribution is 2.43. The normalized spacial score (nSPS) is 13.2. The molecule has 0 saturated heterocycles. The average Bonchev–Trinajstić information content (AvgIpc) is 3.04. The highest BCUT2D eigenvalue weighted by Gasteiger charge is 2.32. The molecule has 4 rings (SSSR count). The van der Waals surface area contributed by atoms with Gasteiger partial charge in [0, 0.05) is 24.4 Å². The number of aryl methyl sites for hydroxylation is 1. The molecule has 0 bridgehead atoms. The van der Waals surface area contributed by atoms with E-state index < -0.39 is 5.92 Å². The van der Waals surface area contributed by atoms with E-state index in [0.717, 1.165) is 16.8 Å². The van der Waals surface area contributed by atoms with Gasteiger partial charge in [-0.05, 0) is 24.3 Å². The second-order valence-electron chi connectivity index (χ2n) is 5.89. The summed E-state index contributed by atoms with van der Waals surface area (Å²) in [6, 6.07) is 19.0. The van der Waals surface area contributed by atoms with Crippen LogP contribution in [0.15, 0.2) is 72.0 Å². The number of hydrogen-bond donors (Lipinski definition) is 1. The van der Waals surface area contributed by atoms with Gasteiger partial charge in [0.05, 0.1) is 17.8 Å². The van der Waals surface area contributed by atoms with Crippen LogP contribution in [0.3, 0.4) is 0 Å². The van der Waals surface area contributed by atoms with Crippen LogP contribution < -0.4 is 10.2 Å². The lowest BCUT2D eigenvalue weighted by atomic mass is 9.87. The number of nitrogens with one attached hydrogen (secondary N) is 1. The molecule has 1 aliphatic rings. The number of fused-ring (bicyclic) bond motifs is 2. The number of nitrogens with zero attached hydrogens (tertiary/aromatic N) is 2. The smallest absolute Gasteiger partial charge is 0.252 e. The minimum Gasteiger partial charge on any atom is -0.457 e. The Morgan fingerprint density at radius 3 is 2.28 bits per heavy atom. The first kappa shape index (κ1) is 15.2. The molecule has 0 radical (unpaired) electrons. The van der Waals surface area contributed by atoms with Gasteiger partial charge in [0.2, 0.25) is 0 Å². The van der Waals surface area contributed by atoms with Crippen molar-refractivity contribution in [3.63, 3.8) is 0 Å². The molecule has 0 atom stereocenters. The van der Waals surface area contributed by atoms with Crippen molar-refractivity contribution in [1.82, 2.24) is 9.99 Å². The van der Waals surface area contributed by atoms with E-state index in [4.69, 9.17) is 4.74 Å². The third-order valence-electron chi connectivity index (χ3n) is 4.30. The maximum atomic E-state index is 12.8. The van der Waals surface area contributed by atoms with Gasteiger partial charge >= 0.3 is 0 Å². The zero-order valence-electron chi connectivity index (χ0n) is 13.7. The molecule has 124 valence electrons. The molecular formula is C20H17N3O2. The van der Waals surface area contributed by atoms with Crippen molar-refractivity contribution in [2.75, 3.05) is 0 Å². The van der Waals surface area contributed by atoms with Gasteiger partial charge in [0.25, 0.3) is 5.91 Å². The van der Waals surface area contributed by atoms with Crippen molar-refractivity contribution in [2.24, 2.45) is 12.1 Å². The van der Waals surface area contributed by atoms with E-state index in [1.165, 1.54) is 0 Å². The molecule has 0 saturated carbocycles. The van der Waals surface area contributed by atoms with Crippen LogP contribution in [-0.2, 0) is 11.8 Å². The first-order valence-corrected chi connectivity index (χ1v) is 8.04. The average molecular weight is 331 g/mol. The van der Waals surface area contributed by atoms with Gasteiger partial charge < -0.3 is 9.30 Å². The minimum atomic E-state index is -0.452. The molecule has 25 heavy (non-hydrogen) atoms. The number of para-hydroxylation sites is 2. The van der Waals surface area contributed by atoms with E-state index in [1.54, 1.807) is 6.21 Å². The Hall–Kier alpha value is -3.34. The van der Waals surface area contributed by atoms with Crippen molar-refractivity contribution in [1.29, 1.82) is 0 Å². The molecule has 3 aromatic rings. The van der Waals surface area contributed by atoms with Crippen LogP contribution >= 0.6 is 0 Å². The summed E-state index contributed by atoms with van der Waals surface area (Å²) >= 11 is 0. The molecule has 0 aliphatic carbocycles. The van der Waals surface area contributed by atoms with Crippen molar-refractivity contribution < 1.29 is 9.53 Å². The van der Waals surface area contributed by atoms with Gasteiger partial charge in [-0.3, -0.25) is 4.79 Å². The molecule has 1 aromatic heterocycles. The van der Waals surface area contributed by atoms with Crippen molar-refractivity contribution in [3.05, 3.63) is 83.7 Å². The summed E-state index contributed by atoms with van der Waals surface area (Å²) in [7, 11) is 1.92. The largest absolute Gasteiger partial charge is 0.457 e. The number of amides is 1. The van der Waals surface area contributed by atoms with Gasteiger partial charge in [-0.1, -0.05) is 36.4 Å². The monoisotopic (exact) mass is 331 g/mol. The number of carbonyl (C=O) groups is 1. The van der Waals surface area contributed by atoms with E-state index in [-0.39, 0.29) is 5.91 Å². The van der Waals surface area contributed by atoms with E-state index >= 15 is 0 Å². The van der Waals surface area contributed by atoms with Crippen LogP contribution in [-0.4, -0.2) is 16.7 Å². The first-order valence-electron chi connectivity index (χ1n) is 8.04. The third-order valence-corrected chi connectivity index (χ3v) is 4.30. The van der Waals surface area contributed by atoms with Gasteiger partial charge in [-0.2, -0.15) is 5.10 Å². The Bertz CT molecular complexity index is 913. The summed E-state index contributed by atoms with van der Waals surface area (Å²) in [4.78, 5) is 12.8. The van der Waals surface area contributed by atoms with Gasteiger partial charge in [0.1, 0.15) is 11.5 Å². The Morgan fingerprint density at radius 2 is 1.68 bits per heavy atom. The summed E-state index contributed by atoms with van der Waals surface area (Å²) in [6.45, 7) is 0. The van der Waals surface area contributed by atoms with Crippen LogP contribution in [0.5, 0.6) is 11.5 Å². The molecule has 5 heteroatoms. The van der Waals surface area contributed by atoms with Crippen LogP contribution in [0.1, 0.15) is 22.7 Å². The standard InChI is InChI=1S/C20H17N3O2/c1-23-12-6-7-14(23)13-21-22-20(24)19-15-8-2-4-10-17(15)25-18-11-5-3-9-16(18)19/h2-13,19H,1H3,(H,22,24)/b21-13+. The van der Waals surface area contributed by atoms with Gasteiger partial charge in [-0.15, -0.1) is 0 Å². The number of ether oxygens (including phenoxy) is 1. The predicted molar refractivity (Wildman–Crippen MR) is 96.0 cm³/mol. The highest BCUT2D eigenvalue weighted by molar-refractivity contribution is 5.90. The Labute approximate surface area is 145 Å². The molecule has 0 fully saturated rings. The lowest BCUT2D eigenvalue weighted by Crippen LogP contribution is -2.28. The summed E-state index contributed by atoms with van der Waals surface area (Å²) in [6.07, 6.45) is 3.56. The lowest BCUT2D eigenvalue weighted by Gasteiger charge is -2.26. The summed E-state index contributed by atoms with van der Waals surface area (Å²) in [5.41, 5.74) is 5.25. The fourth-order valence-corrected chi connectivity index (χ4v) is 3.03. The molecular weight excluding hydrogens is 314 g/mol.